The van der Waals surface area contributed by atoms with Crippen molar-refractivity contribution in [1.29, 1.82) is 0 Å². The van der Waals surface area contributed by atoms with Crippen molar-refractivity contribution in [2.24, 2.45) is 5.73 Å². The van der Waals surface area contributed by atoms with Crippen molar-refractivity contribution < 1.29 is 17.9 Å². The van der Waals surface area contributed by atoms with E-state index in [-0.39, 0.29) is 17.4 Å². The molecular formula is C28H31N5O4S. The Bertz CT molecular complexity index is 1500. The van der Waals surface area contributed by atoms with Crippen molar-refractivity contribution in [2.45, 2.75) is 11.3 Å². The van der Waals surface area contributed by atoms with Crippen molar-refractivity contribution in [3.8, 4) is 5.75 Å². The zero-order chi connectivity index (χ0) is 26.5. The minimum atomic E-state index is -3.63. The number of ether oxygens (including phenoxy) is 1. The van der Waals surface area contributed by atoms with Gasteiger partial charge >= 0.3 is 0 Å². The quantitative estimate of drug-likeness (QED) is 0.304. The summed E-state index contributed by atoms with van der Waals surface area (Å²) in [5.74, 6) is 0.608. The van der Waals surface area contributed by atoms with Gasteiger partial charge in [-0.2, -0.15) is 0 Å². The predicted octanol–water partition coefficient (Wildman–Crippen LogP) is 3.20. The molecule has 2 heterocycles. The van der Waals surface area contributed by atoms with Gasteiger partial charge in [-0.05, 0) is 73.1 Å². The number of piperazine rings is 1. The summed E-state index contributed by atoms with van der Waals surface area (Å²) in [6.45, 7) is 3.08. The van der Waals surface area contributed by atoms with E-state index in [4.69, 9.17) is 10.5 Å². The number of rotatable bonds is 9. The molecule has 1 saturated heterocycles. The number of benzene rings is 3. The zero-order valence-electron chi connectivity index (χ0n) is 21.0. The molecule has 0 aliphatic carbocycles. The number of aromatic amines is 1. The number of carbonyl (C=O) groups excluding carboxylic acids is 1. The molecule has 10 heteroatoms. The van der Waals surface area contributed by atoms with E-state index in [1.54, 1.807) is 42.5 Å². The number of amides is 1. The summed E-state index contributed by atoms with van der Waals surface area (Å²) in [7, 11) is -3.63. The number of nitrogens with zero attached hydrogens (tertiary/aromatic N) is 2. The standard InChI is InChI=1S/C28H31N5O4S/c29-13-12-21-19-30-27-11-10-24(18-26(21)27)37-20-28(34)33-16-14-32(15-17-33)23-8-6-22(7-9-23)31-38(35,36)25-4-2-1-3-5-25/h1-11,18-19,30-31H,12-17,20,29H2. The summed E-state index contributed by atoms with van der Waals surface area (Å²) in [6, 6.07) is 21.3. The lowest BCUT2D eigenvalue weighted by atomic mass is 10.1. The average molecular weight is 534 g/mol. The van der Waals surface area contributed by atoms with Gasteiger partial charge in [0.2, 0.25) is 0 Å². The van der Waals surface area contributed by atoms with Crippen LogP contribution in [0.4, 0.5) is 11.4 Å². The molecule has 1 aliphatic rings. The highest BCUT2D eigenvalue weighted by Crippen LogP contribution is 2.25. The number of carbonyl (C=O) groups is 1. The molecule has 198 valence electrons. The first-order valence-electron chi connectivity index (χ1n) is 12.6. The number of nitrogens with one attached hydrogen (secondary N) is 2. The van der Waals surface area contributed by atoms with Gasteiger partial charge in [-0.25, -0.2) is 8.42 Å². The van der Waals surface area contributed by atoms with E-state index < -0.39 is 10.0 Å². The fourth-order valence-corrected chi connectivity index (χ4v) is 5.69. The van der Waals surface area contributed by atoms with Gasteiger partial charge in [-0.3, -0.25) is 9.52 Å². The first kappa shape index (κ1) is 25.6. The van der Waals surface area contributed by atoms with Crippen LogP contribution in [0.25, 0.3) is 10.9 Å². The summed E-state index contributed by atoms with van der Waals surface area (Å²) in [5, 5.41) is 1.06. The highest BCUT2D eigenvalue weighted by Gasteiger charge is 2.22. The summed E-state index contributed by atoms with van der Waals surface area (Å²) in [5.41, 5.74) is 9.33. The Hall–Kier alpha value is -4.02. The molecule has 4 N–H and O–H groups in total. The van der Waals surface area contributed by atoms with Gasteiger partial charge in [-0.1, -0.05) is 18.2 Å². The molecule has 0 unspecified atom stereocenters. The highest BCUT2D eigenvalue weighted by molar-refractivity contribution is 7.92. The molecule has 1 amide bonds. The van der Waals surface area contributed by atoms with E-state index >= 15 is 0 Å². The number of H-pyrrole nitrogens is 1. The normalized spacial score (nSPS) is 14.0. The van der Waals surface area contributed by atoms with Crippen molar-refractivity contribution >= 4 is 38.2 Å². The second kappa shape index (κ2) is 11.2. The number of sulfonamides is 1. The lowest BCUT2D eigenvalue weighted by Crippen LogP contribution is -2.50. The number of hydrogen-bond donors (Lipinski definition) is 3. The molecule has 1 fully saturated rings. The van der Waals surface area contributed by atoms with Crippen LogP contribution in [0.1, 0.15) is 5.56 Å². The van der Waals surface area contributed by atoms with Crippen LogP contribution in [0.3, 0.4) is 0 Å². The van der Waals surface area contributed by atoms with Crippen molar-refractivity contribution in [3.63, 3.8) is 0 Å². The molecule has 0 bridgehead atoms. The second-order valence-electron chi connectivity index (χ2n) is 9.18. The minimum Gasteiger partial charge on any atom is -0.484 e. The molecule has 9 nitrogen and oxygen atoms in total. The van der Waals surface area contributed by atoms with E-state index in [2.05, 4.69) is 14.6 Å². The maximum absolute atomic E-state index is 12.8. The Morgan fingerprint density at radius 1 is 0.974 bits per heavy atom. The third kappa shape index (κ3) is 5.76. The molecule has 3 aromatic carbocycles. The maximum Gasteiger partial charge on any atom is 0.261 e. The van der Waals surface area contributed by atoms with Gasteiger partial charge in [0.25, 0.3) is 15.9 Å². The Morgan fingerprint density at radius 2 is 1.71 bits per heavy atom. The SMILES string of the molecule is NCCc1c[nH]c2ccc(OCC(=O)N3CCN(c4ccc(NS(=O)(=O)c5ccccc5)cc4)CC3)cc12. The zero-order valence-corrected chi connectivity index (χ0v) is 21.8. The topological polar surface area (TPSA) is 121 Å². The molecule has 0 radical (unpaired) electrons. The molecule has 5 rings (SSSR count). The monoisotopic (exact) mass is 533 g/mol. The molecule has 38 heavy (non-hydrogen) atoms. The van der Waals surface area contributed by atoms with Gasteiger partial charge < -0.3 is 25.3 Å². The van der Waals surface area contributed by atoms with Gasteiger partial charge in [-0.15, -0.1) is 0 Å². The van der Waals surface area contributed by atoms with Gasteiger partial charge in [0, 0.05) is 54.7 Å². The first-order valence-corrected chi connectivity index (χ1v) is 14.0. The minimum absolute atomic E-state index is 0.0155. The Morgan fingerprint density at radius 3 is 2.42 bits per heavy atom. The second-order valence-corrected chi connectivity index (χ2v) is 10.9. The summed E-state index contributed by atoms with van der Waals surface area (Å²) < 4.78 is 33.5. The molecule has 0 spiro atoms. The van der Waals surface area contributed by atoms with Crippen LogP contribution in [0.15, 0.2) is 83.9 Å². The molecule has 1 aromatic heterocycles. The third-order valence-electron chi connectivity index (χ3n) is 6.69. The Kier molecular flexibility index (Phi) is 7.52. The molecular weight excluding hydrogens is 502 g/mol. The van der Waals surface area contributed by atoms with Crippen LogP contribution in [-0.4, -0.2) is 63.5 Å². The van der Waals surface area contributed by atoms with E-state index in [1.807, 2.05) is 41.4 Å². The largest absolute Gasteiger partial charge is 0.484 e. The van der Waals surface area contributed by atoms with E-state index in [0.29, 0.717) is 44.2 Å². The molecule has 4 aromatic rings. The van der Waals surface area contributed by atoms with Crippen molar-refractivity contribution in [3.05, 3.63) is 84.6 Å². The molecule has 1 aliphatic heterocycles. The smallest absolute Gasteiger partial charge is 0.261 e. The molecule has 0 atom stereocenters. The predicted molar refractivity (Wildman–Crippen MR) is 149 cm³/mol. The summed E-state index contributed by atoms with van der Waals surface area (Å²) in [4.78, 5) is 20.2. The number of hydrogen-bond acceptors (Lipinski definition) is 6. The lowest BCUT2D eigenvalue weighted by molar-refractivity contribution is -0.133. The van der Waals surface area contributed by atoms with Crippen LogP contribution in [0.2, 0.25) is 0 Å². The van der Waals surface area contributed by atoms with Crippen molar-refractivity contribution in [2.75, 3.05) is 49.0 Å². The van der Waals surface area contributed by atoms with E-state index in [0.717, 1.165) is 28.6 Å². The van der Waals surface area contributed by atoms with Gasteiger partial charge in [0.15, 0.2) is 6.61 Å². The number of aromatic nitrogens is 1. The van der Waals surface area contributed by atoms with Crippen molar-refractivity contribution in [1.82, 2.24) is 9.88 Å². The van der Waals surface area contributed by atoms with Gasteiger partial charge in [0.05, 0.1) is 4.90 Å². The number of nitrogens with two attached hydrogens (primary N) is 1. The van der Waals surface area contributed by atoms with E-state index in [1.165, 1.54) is 0 Å². The van der Waals surface area contributed by atoms with Crippen LogP contribution in [0.5, 0.6) is 5.75 Å². The van der Waals surface area contributed by atoms with Crippen LogP contribution < -0.4 is 20.1 Å². The Balaban J connectivity index is 1.12. The highest BCUT2D eigenvalue weighted by atomic mass is 32.2. The average Bonchev–Trinajstić information content (AvgIpc) is 3.35. The van der Waals surface area contributed by atoms with Crippen LogP contribution in [-0.2, 0) is 21.2 Å². The number of anilines is 2. The first-order chi connectivity index (χ1) is 18.4. The third-order valence-corrected chi connectivity index (χ3v) is 8.08. The molecule has 0 saturated carbocycles. The van der Waals surface area contributed by atoms with Gasteiger partial charge in [0.1, 0.15) is 5.75 Å². The fourth-order valence-electron chi connectivity index (χ4n) is 4.61. The lowest BCUT2D eigenvalue weighted by Gasteiger charge is -2.36. The Labute approximate surface area is 222 Å². The fraction of sp³-hybridized carbons (Fsp3) is 0.250. The summed E-state index contributed by atoms with van der Waals surface area (Å²) in [6.07, 6.45) is 2.74. The van der Waals surface area contributed by atoms with Crippen LogP contribution >= 0.6 is 0 Å². The summed E-state index contributed by atoms with van der Waals surface area (Å²) >= 11 is 0. The number of fused-ring (bicyclic) bond motifs is 1. The van der Waals surface area contributed by atoms with Crippen LogP contribution in [0, 0.1) is 0 Å². The van der Waals surface area contributed by atoms with E-state index in [9.17, 15) is 13.2 Å². The maximum atomic E-state index is 12.8.